The molecule has 0 aromatic heterocycles. The summed E-state index contributed by atoms with van der Waals surface area (Å²) < 4.78 is 82.5. The van der Waals surface area contributed by atoms with E-state index in [0.29, 0.717) is 17.7 Å². The molecular formula is C14H8F5NO3S. The molecule has 0 heterocycles. The zero-order chi connectivity index (χ0) is 18.0. The lowest BCUT2D eigenvalue weighted by Gasteiger charge is -2.10. The molecule has 0 bridgehead atoms. The van der Waals surface area contributed by atoms with Crippen LogP contribution in [0.4, 0.5) is 27.6 Å². The molecule has 2 rings (SSSR count). The van der Waals surface area contributed by atoms with Crippen LogP contribution in [0.3, 0.4) is 0 Å². The standard InChI is InChI=1S/C14H8F5NO3S/c1-6-4-7(2-3-8(6)20-5-21)24(22)23-14-12(18)10(16)9(15)11(17)13(14)19/h2-5H,1H3,(H,20,21). The number of carbonyl (C=O) groups is 1. The van der Waals surface area contributed by atoms with Crippen molar-refractivity contribution in [2.45, 2.75) is 11.8 Å². The second-order valence-electron chi connectivity index (χ2n) is 4.46. The van der Waals surface area contributed by atoms with Gasteiger partial charge in [-0.15, -0.1) is 0 Å². The highest BCUT2D eigenvalue weighted by Gasteiger charge is 2.28. The maximum Gasteiger partial charge on any atom is 0.240 e. The minimum atomic E-state index is -2.55. The number of aryl methyl sites for hydroxylation is 1. The van der Waals surface area contributed by atoms with E-state index in [2.05, 4.69) is 9.50 Å². The lowest BCUT2D eigenvalue weighted by atomic mass is 10.2. The van der Waals surface area contributed by atoms with Crippen molar-refractivity contribution in [3.05, 3.63) is 52.8 Å². The number of hydrogen-bond acceptors (Lipinski definition) is 3. The molecule has 24 heavy (non-hydrogen) atoms. The van der Waals surface area contributed by atoms with Gasteiger partial charge in [0, 0.05) is 5.69 Å². The Kier molecular flexibility index (Phi) is 5.17. The molecule has 1 N–H and O–H groups in total. The summed E-state index contributed by atoms with van der Waals surface area (Å²) in [6, 6.07) is 3.79. The molecule has 2 aromatic rings. The molecule has 0 aliphatic heterocycles. The Hall–Kier alpha value is -2.49. The Balaban J connectivity index is 2.37. The largest absolute Gasteiger partial charge is 0.390 e. The fraction of sp³-hybridized carbons (Fsp3) is 0.0714. The van der Waals surface area contributed by atoms with Crippen LogP contribution in [0, 0.1) is 36.0 Å². The summed E-state index contributed by atoms with van der Waals surface area (Å²) >= 11 is -2.55. The summed E-state index contributed by atoms with van der Waals surface area (Å²) in [6.07, 6.45) is 0.407. The first-order valence-electron chi connectivity index (χ1n) is 6.20. The van der Waals surface area contributed by atoms with E-state index >= 15 is 0 Å². The third-order valence-electron chi connectivity index (χ3n) is 2.93. The van der Waals surface area contributed by atoms with Crippen molar-refractivity contribution in [3.8, 4) is 5.75 Å². The molecule has 0 spiro atoms. The first kappa shape index (κ1) is 17.9. The second-order valence-corrected chi connectivity index (χ2v) is 5.56. The van der Waals surface area contributed by atoms with Crippen LogP contribution in [0.1, 0.15) is 5.56 Å². The van der Waals surface area contributed by atoms with Crippen LogP contribution < -0.4 is 9.50 Å². The highest BCUT2D eigenvalue weighted by molar-refractivity contribution is 7.80. The summed E-state index contributed by atoms with van der Waals surface area (Å²) in [4.78, 5) is 10.3. The fourth-order valence-corrected chi connectivity index (χ4v) is 2.59. The molecule has 10 heteroatoms. The zero-order valence-electron chi connectivity index (χ0n) is 11.8. The molecule has 1 amide bonds. The first-order valence-corrected chi connectivity index (χ1v) is 7.27. The van der Waals surface area contributed by atoms with Gasteiger partial charge in [-0.25, -0.2) is 17.4 Å². The first-order chi connectivity index (χ1) is 11.3. The normalized spacial score (nSPS) is 11.9. The summed E-state index contributed by atoms with van der Waals surface area (Å²) in [5.41, 5.74) is 0.816. The van der Waals surface area contributed by atoms with Crippen LogP contribution in [0.5, 0.6) is 5.75 Å². The van der Waals surface area contributed by atoms with Crippen molar-refractivity contribution in [1.29, 1.82) is 0 Å². The summed E-state index contributed by atoms with van der Waals surface area (Å²) in [6.45, 7) is 1.53. The lowest BCUT2D eigenvalue weighted by Crippen LogP contribution is -2.09. The minimum Gasteiger partial charge on any atom is -0.390 e. The molecule has 0 aliphatic rings. The molecule has 0 saturated heterocycles. The average molecular weight is 365 g/mol. The van der Waals surface area contributed by atoms with Crippen LogP contribution >= 0.6 is 0 Å². The molecule has 2 aromatic carbocycles. The van der Waals surface area contributed by atoms with Gasteiger partial charge in [0.1, 0.15) is 0 Å². The molecular weight excluding hydrogens is 357 g/mol. The highest BCUT2D eigenvalue weighted by Crippen LogP contribution is 2.30. The molecule has 1 unspecified atom stereocenters. The number of nitrogens with one attached hydrogen (secondary N) is 1. The smallest absolute Gasteiger partial charge is 0.240 e. The van der Waals surface area contributed by atoms with Gasteiger partial charge >= 0.3 is 0 Å². The number of hydrogen-bond donors (Lipinski definition) is 1. The third-order valence-corrected chi connectivity index (χ3v) is 3.89. The Labute approximate surface area is 134 Å². The van der Waals surface area contributed by atoms with E-state index in [9.17, 15) is 31.0 Å². The van der Waals surface area contributed by atoms with Gasteiger partial charge in [-0.1, -0.05) is 0 Å². The number of anilines is 1. The van der Waals surface area contributed by atoms with Gasteiger partial charge in [-0.2, -0.15) is 8.78 Å². The lowest BCUT2D eigenvalue weighted by molar-refractivity contribution is -0.105. The van der Waals surface area contributed by atoms with Crippen LogP contribution in [0.25, 0.3) is 0 Å². The van der Waals surface area contributed by atoms with E-state index in [1.807, 2.05) is 0 Å². The Morgan fingerprint density at radius 2 is 1.54 bits per heavy atom. The summed E-state index contributed by atoms with van der Waals surface area (Å²) in [5, 5.41) is 2.35. The predicted octanol–water partition coefficient (Wildman–Crippen LogP) is 3.36. The van der Waals surface area contributed by atoms with Crippen LogP contribution in [-0.2, 0) is 15.9 Å². The predicted molar refractivity (Wildman–Crippen MR) is 74.1 cm³/mol. The zero-order valence-corrected chi connectivity index (χ0v) is 12.6. The quantitative estimate of drug-likeness (QED) is 0.383. The van der Waals surface area contributed by atoms with Gasteiger partial charge in [0.2, 0.25) is 52.3 Å². The van der Waals surface area contributed by atoms with E-state index in [0.717, 1.165) is 0 Å². The van der Waals surface area contributed by atoms with Crippen molar-refractivity contribution in [1.82, 2.24) is 0 Å². The monoisotopic (exact) mass is 365 g/mol. The SMILES string of the molecule is Cc1cc(S(=O)Oc2c(F)c(F)c(F)c(F)c2F)ccc1NC=O. The van der Waals surface area contributed by atoms with Gasteiger partial charge in [0.15, 0.2) is 0 Å². The molecule has 4 nitrogen and oxygen atoms in total. The topological polar surface area (TPSA) is 55.4 Å². The van der Waals surface area contributed by atoms with Crippen molar-refractivity contribution in [2.24, 2.45) is 0 Å². The summed E-state index contributed by atoms with van der Waals surface area (Å²) in [5.74, 6) is -12.8. The van der Waals surface area contributed by atoms with Gasteiger partial charge < -0.3 is 9.50 Å². The molecule has 0 aliphatic carbocycles. The van der Waals surface area contributed by atoms with Gasteiger partial charge in [-0.3, -0.25) is 4.79 Å². The molecule has 128 valence electrons. The number of benzene rings is 2. The van der Waals surface area contributed by atoms with E-state index in [1.165, 1.54) is 25.1 Å². The van der Waals surface area contributed by atoms with Gasteiger partial charge in [0.05, 0.1) is 4.90 Å². The maximum absolute atomic E-state index is 13.5. The van der Waals surface area contributed by atoms with Crippen LogP contribution in [-0.4, -0.2) is 10.6 Å². The Morgan fingerprint density at radius 3 is 2.04 bits per heavy atom. The van der Waals surface area contributed by atoms with E-state index in [4.69, 9.17) is 0 Å². The Bertz CT molecular complexity index is 815. The van der Waals surface area contributed by atoms with Crippen molar-refractivity contribution in [3.63, 3.8) is 0 Å². The number of carbonyl (C=O) groups excluding carboxylic acids is 1. The number of halogens is 5. The average Bonchev–Trinajstić information content (AvgIpc) is 2.57. The third kappa shape index (κ3) is 3.23. The van der Waals surface area contributed by atoms with Crippen molar-refractivity contribution < 1.29 is 35.1 Å². The van der Waals surface area contributed by atoms with Gasteiger partial charge in [-0.05, 0) is 30.7 Å². The van der Waals surface area contributed by atoms with Crippen LogP contribution in [0.2, 0.25) is 0 Å². The van der Waals surface area contributed by atoms with E-state index in [-0.39, 0.29) is 4.90 Å². The van der Waals surface area contributed by atoms with E-state index < -0.39 is 45.9 Å². The summed E-state index contributed by atoms with van der Waals surface area (Å²) in [7, 11) is 0. The van der Waals surface area contributed by atoms with E-state index in [1.54, 1.807) is 0 Å². The minimum absolute atomic E-state index is 0.104. The van der Waals surface area contributed by atoms with Crippen molar-refractivity contribution in [2.75, 3.05) is 5.32 Å². The fourth-order valence-electron chi connectivity index (χ4n) is 1.75. The number of amides is 1. The number of rotatable bonds is 5. The van der Waals surface area contributed by atoms with Crippen molar-refractivity contribution >= 4 is 23.2 Å². The second kappa shape index (κ2) is 6.95. The van der Waals surface area contributed by atoms with Crippen LogP contribution in [0.15, 0.2) is 23.1 Å². The highest BCUT2D eigenvalue weighted by atomic mass is 32.2. The Morgan fingerprint density at radius 1 is 1.00 bits per heavy atom. The maximum atomic E-state index is 13.5. The molecule has 1 atom stereocenters. The van der Waals surface area contributed by atoms with Gasteiger partial charge in [0.25, 0.3) is 0 Å². The molecule has 0 saturated carbocycles. The molecule has 0 radical (unpaired) electrons. The molecule has 0 fully saturated rings.